The molecule has 0 saturated carbocycles. The van der Waals surface area contributed by atoms with Crippen molar-refractivity contribution < 1.29 is 9.53 Å². The largest absolute Gasteiger partial charge is 0.454 e. The Morgan fingerprint density at radius 3 is 2.80 bits per heavy atom. The molecule has 0 aromatic rings. The van der Waals surface area contributed by atoms with Crippen molar-refractivity contribution in [1.82, 2.24) is 0 Å². The van der Waals surface area contributed by atoms with E-state index in [2.05, 4.69) is 13.5 Å². The maximum atomic E-state index is 11.0. The molecule has 0 spiro atoms. The van der Waals surface area contributed by atoms with Gasteiger partial charge in [0.25, 0.3) is 0 Å². The van der Waals surface area contributed by atoms with Gasteiger partial charge in [-0.3, -0.25) is 0 Å². The van der Waals surface area contributed by atoms with Crippen LogP contribution in [0.3, 0.4) is 0 Å². The monoisotopic (exact) mass is 208 g/mol. The van der Waals surface area contributed by atoms with Crippen LogP contribution in [0.4, 0.5) is 0 Å². The highest BCUT2D eigenvalue weighted by molar-refractivity contribution is 5.86. The Bertz CT molecular complexity index is 253. The van der Waals surface area contributed by atoms with Gasteiger partial charge in [0.15, 0.2) is 0 Å². The van der Waals surface area contributed by atoms with Gasteiger partial charge in [0.1, 0.15) is 6.10 Å². The van der Waals surface area contributed by atoms with E-state index in [1.54, 1.807) is 12.2 Å². The molecule has 0 N–H and O–H groups in total. The zero-order chi connectivity index (χ0) is 11.1. The van der Waals surface area contributed by atoms with Crippen molar-refractivity contribution in [2.45, 2.75) is 51.6 Å². The smallest absolute Gasteiger partial charge is 0.331 e. The Morgan fingerprint density at radius 2 is 2.13 bits per heavy atom. The summed E-state index contributed by atoms with van der Waals surface area (Å²) in [5, 5.41) is 0. The molecule has 1 atom stereocenters. The first-order chi connectivity index (χ1) is 7.27. The Balaban J connectivity index is 2.19. The lowest BCUT2D eigenvalue weighted by Gasteiger charge is -2.11. The lowest BCUT2D eigenvalue weighted by molar-refractivity contribution is -0.138. The normalized spacial score (nSPS) is 19.9. The standard InChI is InChI=1S/C13H20O2/c1-3-5-6-7-8-9-12-11(4-2)10-13(14)15-12/h4,10,12H,2-3,5-9H2,1H3. The van der Waals surface area contributed by atoms with Crippen LogP contribution in [0.5, 0.6) is 0 Å². The lowest BCUT2D eigenvalue weighted by atomic mass is 10.0. The maximum Gasteiger partial charge on any atom is 0.331 e. The summed E-state index contributed by atoms with van der Waals surface area (Å²) in [4.78, 5) is 11.0. The van der Waals surface area contributed by atoms with E-state index >= 15 is 0 Å². The van der Waals surface area contributed by atoms with E-state index in [9.17, 15) is 4.79 Å². The van der Waals surface area contributed by atoms with Crippen molar-refractivity contribution >= 4 is 5.97 Å². The third-order valence-corrected chi connectivity index (χ3v) is 2.72. The number of hydrogen-bond acceptors (Lipinski definition) is 2. The third kappa shape index (κ3) is 3.90. The second kappa shape index (κ2) is 6.44. The molecule has 15 heavy (non-hydrogen) atoms. The van der Waals surface area contributed by atoms with E-state index < -0.39 is 0 Å². The molecule has 1 unspecified atom stereocenters. The van der Waals surface area contributed by atoms with E-state index in [0.29, 0.717) is 0 Å². The van der Waals surface area contributed by atoms with Crippen molar-refractivity contribution in [3.63, 3.8) is 0 Å². The number of unbranched alkanes of at least 4 members (excludes halogenated alkanes) is 4. The van der Waals surface area contributed by atoms with Crippen molar-refractivity contribution in [1.29, 1.82) is 0 Å². The second-order valence-corrected chi connectivity index (χ2v) is 3.98. The fourth-order valence-corrected chi connectivity index (χ4v) is 1.82. The molecular formula is C13H20O2. The van der Waals surface area contributed by atoms with Crippen molar-refractivity contribution in [2.75, 3.05) is 0 Å². The van der Waals surface area contributed by atoms with Gasteiger partial charge in [-0.2, -0.15) is 0 Å². The predicted molar refractivity (Wildman–Crippen MR) is 61.5 cm³/mol. The fraction of sp³-hybridized carbons (Fsp3) is 0.615. The molecule has 84 valence electrons. The molecule has 2 nitrogen and oxygen atoms in total. The van der Waals surface area contributed by atoms with E-state index in [0.717, 1.165) is 18.4 Å². The summed E-state index contributed by atoms with van der Waals surface area (Å²) in [5.41, 5.74) is 0.940. The lowest BCUT2D eigenvalue weighted by Crippen LogP contribution is -2.10. The van der Waals surface area contributed by atoms with Gasteiger partial charge in [0, 0.05) is 6.08 Å². The van der Waals surface area contributed by atoms with Crippen LogP contribution in [0.2, 0.25) is 0 Å². The van der Waals surface area contributed by atoms with Gasteiger partial charge >= 0.3 is 5.97 Å². The molecule has 0 aliphatic carbocycles. The molecule has 0 aromatic carbocycles. The minimum absolute atomic E-state index is 0.0309. The summed E-state index contributed by atoms with van der Waals surface area (Å²) in [7, 11) is 0. The Kier molecular flexibility index (Phi) is 5.16. The number of cyclic esters (lactones) is 1. The molecule has 1 aliphatic rings. The van der Waals surface area contributed by atoms with E-state index in [4.69, 9.17) is 4.74 Å². The summed E-state index contributed by atoms with van der Waals surface area (Å²) in [6, 6.07) is 0. The number of hydrogen-bond donors (Lipinski definition) is 0. The maximum absolute atomic E-state index is 11.0. The van der Waals surface area contributed by atoms with Crippen LogP contribution in [0, 0.1) is 0 Å². The Labute approximate surface area is 92.0 Å². The average molecular weight is 208 g/mol. The highest BCUT2D eigenvalue weighted by atomic mass is 16.5. The fourth-order valence-electron chi connectivity index (χ4n) is 1.82. The van der Waals surface area contributed by atoms with Crippen LogP contribution in [0.25, 0.3) is 0 Å². The van der Waals surface area contributed by atoms with Gasteiger partial charge in [-0.1, -0.05) is 45.3 Å². The molecule has 0 saturated heterocycles. The van der Waals surface area contributed by atoms with Gasteiger partial charge < -0.3 is 4.74 Å². The van der Waals surface area contributed by atoms with Crippen molar-refractivity contribution in [3.05, 3.63) is 24.3 Å². The van der Waals surface area contributed by atoms with Gasteiger partial charge in [-0.05, 0) is 18.4 Å². The number of carbonyl (C=O) groups excluding carboxylic acids is 1. The number of carbonyl (C=O) groups is 1. The molecular weight excluding hydrogens is 188 g/mol. The summed E-state index contributed by atoms with van der Waals surface area (Å²) >= 11 is 0. The van der Waals surface area contributed by atoms with Crippen molar-refractivity contribution in [2.24, 2.45) is 0 Å². The minimum Gasteiger partial charge on any atom is -0.454 e. The van der Waals surface area contributed by atoms with E-state index in [1.807, 2.05) is 0 Å². The highest BCUT2D eigenvalue weighted by Gasteiger charge is 2.23. The third-order valence-electron chi connectivity index (χ3n) is 2.72. The zero-order valence-corrected chi connectivity index (χ0v) is 9.50. The zero-order valence-electron chi connectivity index (χ0n) is 9.50. The Hall–Kier alpha value is -1.05. The van der Waals surface area contributed by atoms with Crippen LogP contribution in [0.1, 0.15) is 45.4 Å². The summed E-state index contributed by atoms with van der Waals surface area (Å²) < 4.78 is 5.17. The van der Waals surface area contributed by atoms with E-state index in [-0.39, 0.29) is 12.1 Å². The predicted octanol–water partition coefficient (Wildman–Crippen LogP) is 3.38. The quantitative estimate of drug-likeness (QED) is 0.473. The molecule has 0 fully saturated rings. The van der Waals surface area contributed by atoms with Gasteiger partial charge in [0.2, 0.25) is 0 Å². The van der Waals surface area contributed by atoms with Gasteiger partial charge in [-0.15, -0.1) is 0 Å². The first-order valence-electron chi connectivity index (χ1n) is 5.82. The average Bonchev–Trinajstić information content (AvgIpc) is 2.59. The number of rotatable bonds is 7. The Morgan fingerprint density at radius 1 is 1.40 bits per heavy atom. The van der Waals surface area contributed by atoms with Crippen molar-refractivity contribution in [3.8, 4) is 0 Å². The minimum atomic E-state index is -0.219. The highest BCUT2D eigenvalue weighted by Crippen LogP contribution is 2.22. The van der Waals surface area contributed by atoms with Crippen LogP contribution in [-0.4, -0.2) is 12.1 Å². The molecule has 2 heteroatoms. The first kappa shape index (κ1) is 12.0. The number of esters is 1. The molecule has 0 radical (unpaired) electrons. The SMILES string of the molecule is C=CC1=CC(=O)OC1CCCCCCC. The number of ether oxygens (including phenoxy) is 1. The molecule has 1 rings (SSSR count). The van der Waals surface area contributed by atoms with Gasteiger partial charge in [-0.25, -0.2) is 4.79 Å². The van der Waals surface area contributed by atoms with Crippen LogP contribution in [0.15, 0.2) is 24.3 Å². The van der Waals surface area contributed by atoms with Crippen LogP contribution < -0.4 is 0 Å². The second-order valence-electron chi connectivity index (χ2n) is 3.98. The molecule has 1 aliphatic heterocycles. The summed E-state index contributed by atoms with van der Waals surface area (Å²) in [5.74, 6) is -0.219. The molecule has 1 heterocycles. The molecule has 0 aromatic heterocycles. The van der Waals surface area contributed by atoms with Crippen LogP contribution in [-0.2, 0) is 9.53 Å². The summed E-state index contributed by atoms with van der Waals surface area (Å²) in [6.07, 6.45) is 10.4. The topological polar surface area (TPSA) is 26.3 Å². The molecule has 0 bridgehead atoms. The molecule has 0 amide bonds. The van der Waals surface area contributed by atoms with Crippen LogP contribution >= 0.6 is 0 Å². The van der Waals surface area contributed by atoms with E-state index in [1.165, 1.54) is 25.7 Å². The first-order valence-corrected chi connectivity index (χ1v) is 5.82. The van der Waals surface area contributed by atoms with Gasteiger partial charge in [0.05, 0.1) is 0 Å². The summed E-state index contributed by atoms with van der Waals surface area (Å²) in [6.45, 7) is 5.89.